The molecule has 0 spiro atoms. The molecule has 2 aliphatic rings. The molecule has 0 radical (unpaired) electrons. The van der Waals surface area contributed by atoms with E-state index in [-0.39, 0.29) is 5.91 Å². The lowest BCUT2D eigenvalue weighted by atomic mass is 9.99. The first kappa shape index (κ1) is 17.9. The number of carbonyl (C=O) groups is 2. The number of thiophene rings is 1. The number of carbonyl (C=O) groups excluding carboxylic acids is 2. The first-order valence-corrected chi connectivity index (χ1v) is 9.95. The standard InChI is InChI=1S/C20H21NO5S/c1-12(26-20(23)18-10-13-4-2-3-5-17(13)27-18)19(22)21-14-6-7-15-16(11-14)25-9-8-24-15/h6-7,10-12H,2-5,8-9H2,1H3,(H,21,22)/t12-/m0/s1. The number of nitrogens with one attached hydrogen (secondary N) is 1. The highest BCUT2D eigenvalue weighted by molar-refractivity contribution is 7.14. The Morgan fingerprint density at radius 1 is 1.11 bits per heavy atom. The summed E-state index contributed by atoms with van der Waals surface area (Å²) < 4.78 is 16.3. The predicted molar refractivity (Wildman–Crippen MR) is 102 cm³/mol. The molecule has 4 rings (SSSR count). The van der Waals surface area contributed by atoms with Crippen LogP contribution in [0.5, 0.6) is 11.5 Å². The number of fused-ring (bicyclic) bond motifs is 2. The molecule has 27 heavy (non-hydrogen) atoms. The Kier molecular flexibility index (Phi) is 5.03. The van der Waals surface area contributed by atoms with Crippen molar-refractivity contribution in [3.63, 3.8) is 0 Å². The third-order valence-electron chi connectivity index (χ3n) is 4.66. The molecule has 2 aromatic rings. The lowest BCUT2D eigenvalue weighted by molar-refractivity contribution is -0.123. The average Bonchev–Trinajstić information content (AvgIpc) is 3.12. The summed E-state index contributed by atoms with van der Waals surface area (Å²) in [6.07, 6.45) is 3.46. The van der Waals surface area contributed by atoms with Crippen molar-refractivity contribution >= 4 is 28.9 Å². The zero-order valence-electron chi connectivity index (χ0n) is 15.1. The zero-order valence-corrected chi connectivity index (χ0v) is 15.9. The number of hydrogen-bond acceptors (Lipinski definition) is 6. The van der Waals surface area contributed by atoms with Crippen LogP contribution in [0.2, 0.25) is 0 Å². The number of amides is 1. The number of rotatable bonds is 4. The van der Waals surface area contributed by atoms with Crippen molar-refractivity contribution in [2.45, 2.75) is 38.7 Å². The third kappa shape index (κ3) is 3.93. The van der Waals surface area contributed by atoms with Crippen LogP contribution >= 0.6 is 11.3 Å². The molecule has 1 aromatic carbocycles. The van der Waals surface area contributed by atoms with E-state index in [4.69, 9.17) is 14.2 Å². The van der Waals surface area contributed by atoms with Gasteiger partial charge in [0.05, 0.1) is 0 Å². The van der Waals surface area contributed by atoms with Gasteiger partial charge in [-0.15, -0.1) is 11.3 Å². The topological polar surface area (TPSA) is 73.9 Å². The van der Waals surface area contributed by atoms with Crippen molar-refractivity contribution in [2.75, 3.05) is 18.5 Å². The molecule has 1 aliphatic carbocycles. The quantitative estimate of drug-likeness (QED) is 0.812. The fourth-order valence-electron chi connectivity index (χ4n) is 3.23. The summed E-state index contributed by atoms with van der Waals surface area (Å²) in [5, 5.41) is 2.75. The van der Waals surface area contributed by atoms with Gasteiger partial charge in [0.15, 0.2) is 17.6 Å². The molecule has 2 heterocycles. The van der Waals surface area contributed by atoms with Crippen molar-refractivity contribution < 1.29 is 23.8 Å². The Labute approximate surface area is 161 Å². The third-order valence-corrected chi connectivity index (χ3v) is 5.88. The lowest BCUT2D eigenvalue weighted by Crippen LogP contribution is -2.29. The van der Waals surface area contributed by atoms with Crippen LogP contribution in [0.25, 0.3) is 0 Å². The van der Waals surface area contributed by atoms with E-state index in [1.165, 1.54) is 21.8 Å². The Morgan fingerprint density at radius 2 is 1.89 bits per heavy atom. The van der Waals surface area contributed by atoms with Crippen LogP contribution in [0.4, 0.5) is 5.69 Å². The molecule has 0 saturated heterocycles. The van der Waals surface area contributed by atoms with Gasteiger partial charge in [-0.3, -0.25) is 4.79 Å². The van der Waals surface area contributed by atoms with Gasteiger partial charge in [0.25, 0.3) is 5.91 Å². The van der Waals surface area contributed by atoms with Crippen molar-refractivity contribution in [3.8, 4) is 11.5 Å². The molecular formula is C20H21NO5S. The van der Waals surface area contributed by atoms with Gasteiger partial charge in [-0.25, -0.2) is 4.79 Å². The minimum atomic E-state index is -0.898. The van der Waals surface area contributed by atoms with Crippen LogP contribution < -0.4 is 14.8 Å². The van der Waals surface area contributed by atoms with Crippen LogP contribution in [0, 0.1) is 0 Å². The summed E-state index contributed by atoms with van der Waals surface area (Å²) in [5.74, 6) is 0.411. The van der Waals surface area contributed by atoms with Gasteiger partial charge in [0.1, 0.15) is 18.1 Å². The number of benzene rings is 1. The average molecular weight is 387 g/mol. The van der Waals surface area contributed by atoms with Crippen molar-refractivity contribution in [1.29, 1.82) is 0 Å². The van der Waals surface area contributed by atoms with E-state index in [1.807, 2.05) is 6.07 Å². The molecule has 1 atom stereocenters. The summed E-state index contributed by atoms with van der Waals surface area (Å²) in [6.45, 7) is 2.56. The summed E-state index contributed by atoms with van der Waals surface area (Å²) in [7, 11) is 0. The molecule has 0 bridgehead atoms. The summed E-state index contributed by atoms with van der Waals surface area (Å²) in [4.78, 5) is 26.6. The maximum atomic E-state index is 12.4. The van der Waals surface area contributed by atoms with E-state index in [0.717, 1.165) is 25.7 Å². The van der Waals surface area contributed by atoms with Gasteiger partial charge in [0.2, 0.25) is 0 Å². The van der Waals surface area contributed by atoms with Crippen molar-refractivity contribution in [3.05, 3.63) is 39.6 Å². The van der Waals surface area contributed by atoms with Gasteiger partial charge in [-0.05, 0) is 56.4 Å². The van der Waals surface area contributed by atoms with Gasteiger partial charge in [-0.2, -0.15) is 0 Å². The summed E-state index contributed by atoms with van der Waals surface area (Å²) in [5.41, 5.74) is 1.81. The summed E-state index contributed by atoms with van der Waals surface area (Å²) >= 11 is 1.48. The van der Waals surface area contributed by atoms with E-state index in [1.54, 1.807) is 25.1 Å². The normalized spacial score (nSPS) is 16.2. The second kappa shape index (κ2) is 7.60. The van der Waals surface area contributed by atoms with E-state index in [9.17, 15) is 9.59 Å². The Hall–Kier alpha value is -2.54. The number of esters is 1. The monoisotopic (exact) mass is 387 g/mol. The molecule has 1 aromatic heterocycles. The van der Waals surface area contributed by atoms with E-state index < -0.39 is 12.1 Å². The molecule has 1 aliphatic heterocycles. The molecule has 1 amide bonds. The Bertz CT molecular complexity index is 852. The van der Waals surface area contributed by atoms with Crippen molar-refractivity contribution in [1.82, 2.24) is 0 Å². The van der Waals surface area contributed by atoms with E-state index in [0.29, 0.717) is 35.3 Å². The molecule has 0 fully saturated rings. The van der Waals surface area contributed by atoms with Gasteiger partial charge in [0, 0.05) is 16.6 Å². The van der Waals surface area contributed by atoms with Crippen molar-refractivity contribution in [2.24, 2.45) is 0 Å². The zero-order chi connectivity index (χ0) is 18.8. The van der Waals surface area contributed by atoms with Crippen LogP contribution in [-0.4, -0.2) is 31.2 Å². The molecule has 1 N–H and O–H groups in total. The highest BCUT2D eigenvalue weighted by Gasteiger charge is 2.23. The van der Waals surface area contributed by atoms with Gasteiger partial charge in [-0.1, -0.05) is 0 Å². The maximum Gasteiger partial charge on any atom is 0.349 e. The van der Waals surface area contributed by atoms with Crippen LogP contribution in [0.3, 0.4) is 0 Å². The van der Waals surface area contributed by atoms with Gasteiger partial charge >= 0.3 is 5.97 Å². The number of ether oxygens (including phenoxy) is 3. The summed E-state index contributed by atoms with van der Waals surface area (Å²) in [6, 6.07) is 7.09. The number of aryl methyl sites for hydroxylation is 2. The fraction of sp³-hybridized carbons (Fsp3) is 0.400. The first-order valence-electron chi connectivity index (χ1n) is 9.13. The number of hydrogen-bond donors (Lipinski definition) is 1. The van der Waals surface area contributed by atoms with Gasteiger partial charge < -0.3 is 19.5 Å². The Morgan fingerprint density at radius 3 is 2.70 bits per heavy atom. The minimum absolute atomic E-state index is 0.388. The molecule has 7 heteroatoms. The molecule has 6 nitrogen and oxygen atoms in total. The largest absolute Gasteiger partial charge is 0.486 e. The van der Waals surface area contributed by atoms with Crippen LogP contribution in [-0.2, 0) is 22.4 Å². The molecular weight excluding hydrogens is 366 g/mol. The Balaban J connectivity index is 1.37. The second-order valence-corrected chi connectivity index (χ2v) is 7.80. The fourth-order valence-corrected chi connectivity index (χ4v) is 4.36. The molecule has 0 saturated carbocycles. The second-order valence-electron chi connectivity index (χ2n) is 6.66. The molecule has 142 valence electrons. The van der Waals surface area contributed by atoms with Crippen LogP contribution in [0.1, 0.15) is 39.9 Å². The minimum Gasteiger partial charge on any atom is -0.486 e. The lowest BCUT2D eigenvalue weighted by Gasteiger charge is -2.19. The number of anilines is 1. The highest BCUT2D eigenvalue weighted by Crippen LogP contribution is 2.33. The SMILES string of the molecule is C[C@H](OC(=O)c1cc2c(s1)CCCC2)C(=O)Nc1ccc2c(c1)OCCO2. The first-order chi connectivity index (χ1) is 13.1. The predicted octanol–water partition coefficient (Wildman–Crippen LogP) is 3.58. The molecule has 0 unspecified atom stereocenters. The smallest absolute Gasteiger partial charge is 0.349 e. The van der Waals surface area contributed by atoms with Crippen LogP contribution in [0.15, 0.2) is 24.3 Å². The van der Waals surface area contributed by atoms with E-state index in [2.05, 4.69) is 5.32 Å². The van der Waals surface area contributed by atoms with E-state index >= 15 is 0 Å². The highest BCUT2D eigenvalue weighted by atomic mass is 32.1. The maximum absolute atomic E-state index is 12.4.